The van der Waals surface area contributed by atoms with Crippen molar-refractivity contribution in [3.63, 3.8) is 0 Å². The van der Waals surface area contributed by atoms with Crippen LogP contribution in [-0.4, -0.2) is 15.0 Å². The molecule has 0 unspecified atom stereocenters. The Labute approximate surface area is 105 Å². The zero-order valence-corrected chi connectivity index (χ0v) is 9.96. The summed E-state index contributed by atoms with van der Waals surface area (Å²) in [7, 11) is 0. The van der Waals surface area contributed by atoms with Gasteiger partial charge in [0.15, 0.2) is 0 Å². The minimum Gasteiger partial charge on any atom is -0.384 e. The lowest BCUT2D eigenvalue weighted by atomic mass is 10.1. The molecule has 0 radical (unpaired) electrons. The summed E-state index contributed by atoms with van der Waals surface area (Å²) in [6, 6.07) is 11.4. The molecule has 3 rings (SSSR count). The average Bonchev–Trinajstić information content (AvgIpc) is 2.39. The molecule has 4 nitrogen and oxygen atoms in total. The van der Waals surface area contributed by atoms with Crippen LogP contribution in [0.15, 0.2) is 42.6 Å². The Kier molecular flexibility index (Phi) is 2.41. The molecule has 0 aromatic carbocycles. The predicted molar refractivity (Wildman–Crippen MR) is 71.9 cm³/mol. The zero-order valence-electron chi connectivity index (χ0n) is 9.96. The lowest BCUT2D eigenvalue weighted by Gasteiger charge is -2.05. The Morgan fingerprint density at radius 1 is 1.00 bits per heavy atom. The largest absolute Gasteiger partial charge is 0.384 e. The summed E-state index contributed by atoms with van der Waals surface area (Å²) >= 11 is 0. The average molecular weight is 236 g/mol. The fourth-order valence-electron chi connectivity index (χ4n) is 1.95. The molecule has 0 aliphatic rings. The summed E-state index contributed by atoms with van der Waals surface area (Å²) in [4.78, 5) is 13.2. The Balaban J connectivity index is 2.23. The van der Waals surface area contributed by atoms with Gasteiger partial charge in [-0.15, -0.1) is 0 Å². The van der Waals surface area contributed by atoms with Gasteiger partial charge in [-0.1, -0.05) is 6.07 Å². The van der Waals surface area contributed by atoms with Crippen LogP contribution >= 0.6 is 0 Å². The van der Waals surface area contributed by atoms with E-state index in [-0.39, 0.29) is 0 Å². The van der Waals surface area contributed by atoms with Crippen molar-refractivity contribution in [2.24, 2.45) is 0 Å². The number of nitrogens with zero attached hydrogens (tertiary/aromatic N) is 3. The van der Waals surface area contributed by atoms with E-state index in [9.17, 15) is 0 Å². The molecule has 0 fully saturated rings. The molecule has 0 aliphatic carbocycles. The highest BCUT2D eigenvalue weighted by Crippen LogP contribution is 2.21. The monoisotopic (exact) mass is 236 g/mol. The maximum absolute atomic E-state index is 5.72. The van der Waals surface area contributed by atoms with Gasteiger partial charge in [-0.05, 0) is 42.8 Å². The fraction of sp³-hybridized carbons (Fsp3) is 0.0714. The number of aryl methyl sites for hydroxylation is 1. The van der Waals surface area contributed by atoms with Gasteiger partial charge >= 0.3 is 0 Å². The van der Waals surface area contributed by atoms with Gasteiger partial charge in [-0.2, -0.15) is 0 Å². The Morgan fingerprint density at radius 2 is 1.89 bits per heavy atom. The maximum Gasteiger partial charge on any atom is 0.124 e. The number of aromatic nitrogens is 3. The molecule has 18 heavy (non-hydrogen) atoms. The summed E-state index contributed by atoms with van der Waals surface area (Å²) in [5.74, 6) is 0.521. The van der Waals surface area contributed by atoms with E-state index >= 15 is 0 Å². The number of rotatable bonds is 1. The summed E-state index contributed by atoms with van der Waals surface area (Å²) in [5.41, 5.74) is 10.1. The van der Waals surface area contributed by atoms with E-state index in [4.69, 9.17) is 5.73 Å². The predicted octanol–water partition coefficient (Wildman–Crippen LogP) is 2.58. The molecule has 3 aromatic rings. The second-order valence-electron chi connectivity index (χ2n) is 4.14. The van der Waals surface area contributed by atoms with Crippen molar-refractivity contribution in [3.05, 3.63) is 48.2 Å². The van der Waals surface area contributed by atoms with Crippen molar-refractivity contribution < 1.29 is 0 Å². The van der Waals surface area contributed by atoms with E-state index in [1.54, 1.807) is 6.20 Å². The van der Waals surface area contributed by atoms with E-state index in [2.05, 4.69) is 15.0 Å². The van der Waals surface area contributed by atoms with E-state index in [0.29, 0.717) is 5.82 Å². The third kappa shape index (κ3) is 1.78. The first-order valence-corrected chi connectivity index (χ1v) is 5.69. The Morgan fingerprint density at radius 3 is 2.67 bits per heavy atom. The van der Waals surface area contributed by atoms with E-state index < -0.39 is 0 Å². The molecule has 0 amide bonds. The third-order valence-corrected chi connectivity index (χ3v) is 2.79. The number of hydrogen-bond acceptors (Lipinski definition) is 4. The van der Waals surface area contributed by atoms with Gasteiger partial charge in [0.1, 0.15) is 5.82 Å². The quantitative estimate of drug-likeness (QED) is 0.705. The first-order valence-electron chi connectivity index (χ1n) is 5.69. The first-order chi connectivity index (χ1) is 8.74. The standard InChI is InChI=1S/C14H12N4/c1-9-8-13(15)17-12-6-5-11(18-14(9)12)10-4-2-3-7-16-10/h2-8H,1H3,(H2,15,17). The number of pyridine rings is 3. The summed E-state index contributed by atoms with van der Waals surface area (Å²) in [5, 5.41) is 0. The molecule has 2 N–H and O–H groups in total. The van der Waals surface area contributed by atoms with E-state index in [1.807, 2.05) is 43.3 Å². The summed E-state index contributed by atoms with van der Waals surface area (Å²) in [6.45, 7) is 1.98. The second kappa shape index (κ2) is 4.07. The van der Waals surface area contributed by atoms with Gasteiger partial charge in [-0.3, -0.25) is 4.98 Å². The highest BCUT2D eigenvalue weighted by molar-refractivity contribution is 5.81. The van der Waals surface area contributed by atoms with Crippen LogP contribution in [0.4, 0.5) is 5.82 Å². The van der Waals surface area contributed by atoms with E-state index in [1.165, 1.54) is 0 Å². The van der Waals surface area contributed by atoms with Crippen molar-refractivity contribution in [3.8, 4) is 11.4 Å². The Bertz CT molecular complexity index is 708. The van der Waals surface area contributed by atoms with Gasteiger partial charge < -0.3 is 5.73 Å². The molecule has 0 saturated carbocycles. The first kappa shape index (κ1) is 10.7. The van der Waals surface area contributed by atoms with Crippen molar-refractivity contribution >= 4 is 16.9 Å². The molecule has 0 saturated heterocycles. The number of hydrogen-bond donors (Lipinski definition) is 1. The molecule has 0 aliphatic heterocycles. The number of nitrogen functional groups attached to an aromatic ring is 1. The van der Waals surface area contributed by atoms with Crippen molar-refractivity contribution in [2.45, 2.75) is 6.92 Å². The number of fused-ring (bicyclic) bond motifs is 1. The third-order valence-electron chi connectivity index (χ3n) is 2.79. The zero-order chi connectivity index (χ0) is 12.5. The lowest BCUT2D eigenvalue weighted by molar-refractivity contribution is 1.25. The molecule has 88 valence electrons. The number of nitrogens with two attached hydrogens (primary N) is 1. The van der Waals surface area contributed by atoms with Gasteiger partial charge in [0.05, 0.1) is 22.4 Å². The van der Waals surface area contributed by atoms with Crippen LogP contribution in [0.3, 0.4) is 0 Å². The number of anilines is 1. The van der Waals surface area contributed by atoms with Crippen LogP contribution in [0.25, 0.3) is 22.4 Å². The normalized spacial score (nSPS) is 10.7. The van der Waals surface area contributed by atoms with Crippen LogP contribution in [0.2, 0.25) is 0 Å². The van der Waals surface area contributed by atoms with Crippen molar-refractivity contribution in [1.82, 2.24) is 15.0 Å². The van der Waals surface area contributed by atoms with Gasteiger partial charge in [-0.25, -0.2) is 9.97 Å². The highest BCUT2D eigenvalue weighted by atomic mass is 14.9. The van der Waals surface area contributed by atoms with Gasteiger partial charge in [0, 0.05) is 6.20 Å². The summed E-state index contributed by atoms with van der Waals surface area (Å²) in [6.07, 6.45) is 1.76. The van der Waals surface area contributed by atoms with Gasteiger partial charge in [0.2, 0.25) is 0 Å². The van der Waals surface area contributed by atoms with Crippen LogP contribution in [0.1, 0.15) is 5.56 Å². The highest BCUT2D eigenvalue weighted by Gasteiger charge is 2.06. The van der Waals surface area contributed by atoms with E-state index in [0.717, 1.165) is 28.0 Å². The van der Waals surface area contributed by atoms with Crippen molar-refractivity contribution in [1.29, 1.82) is 0 Å². The molecular weight excluding hydrogens is 224 g/mol. The Hall–Kier alpha value is -2.49. The topological polar surface area (TPSA) is 64.7 Å². The molecular formula is C14H12N4. The smallest absolute Gasteiger partial charge is 0.124 e. The maximum atomic E-state index is 5.72. The molecule has 0 spiro atoms. The minimum atomic E-state index is 0.521. The van der Waals surface area contributed by atoms with Gasteiger partial charge in [0.25, 0.3) is 0 Å². The van der Waals surface area contributed by atoms with Crippen LogP contribution in [0.5, 0.6) is 0 Å². The lowest BCUT2D eigenvalue weighted by Crippen LogP contribution is -1.95. The molecule has 3 heterocycles. The molecule has 4 heteroatoms. The summed E-state index contributed by atoms with van der Waals surface area (Å²) < 4.78 is 0. The van der Waals surface area contributed by atoms with Crippen LogP contribution in [0, 0.1) is 6.92 Å². The van der Waals surface area contributed by atoms with Crippen LogP contribution < -0.4 is 5.73 Å². The molecule has 3 aromatic heterocycles. The minimum absolute atomic E-state index is 0.521. The SMILES string of the molecule is Cc1cc(N)nc2ccc(-c3ccccn3)nc12. The molecule has 0 atom stereocenters. The molecule has 0 bridgehead atoms. The fourth-order valence-corrected chi connectivity index (χ4v) is 1.95. The van der Waals surface area contributed by atoms with Crippen molar-refractivity contribution in [2.75, 3.05) is 5.73 Å². The second-order valence-corrected chi connectivity index (χ2v) is 4.14. The van der Waals surface area contributed by atoms with Crippen LogP contribution in [-0.2, 0) is 0 Å².